The van der Waals surface area contributed by atoms with E-state index in [0.29, 0.717) is 12.4 Å². The van der Waals surface area contributed by atoms with Gasteiger partial charge in [-0.3, -0.25) is 4.79 Å². The van der Waals surface area contributed by atoms with Gasteiger partial charge in [-0.15, -0.1) is 0 Å². The number of nitrogens with two attached hydrogens (primary N) is 1. The quantitative estimate of drug-likeness (QED) is 0.842. The van der Waals surface area contributed by atoms with Crippen LogP contribution in [0.3, 0.4) is 0 Å². The molecule has 3 N–H and O–H groups in total. The van der Waals surface area contributed by atoms with Crippen molar-refractivity contribution in [2.75, 3.05) is 12.3 Å². The van der Waals surface area contributed by atoms with E-state index in [1.54, 1.807) is 6.20 Å². The third-order valence-corrected chi connectivity index (χ3v) is 3.46. The van der Waals surface area contributed by atoms with Crippen molar-refractivity contribution in [1.29, 1.82) is 0 Å². The van der Waals surface area contributed by atoms with E-state index in [1.807, 2.05) is 6.92 Å². The molecule has 1 saturated heterocycles. The number of carbonyl (C=O) groups is 1. The Balaban J connectivity index is 1.92. The highest BCUT2D eigenvalue weighted by atomic mass is 16.5. The normalized spacial score (nSPS) is 23.0. The first-order chi connectivity index (χ1) is 9.22. The van der Waals surface area contributed by atoms with Gasteiger partial charge in [0.05, 0.1) is 12.0 Å². The molecule has 0 saturated carbocycles. The van der Waals surface area contributed by atoms with Gasteiger partial charge < -0.3 is 15.8 Å². The van der Waals surface area contributed by atoms with E-state index in [2.05, 4.69) is 15.3 Å². The maximum absolute atomic E-state index is 12.2. The summed E-state index contributed by atoms with van der Waals surface area (Å²) in [6.07, 6.45) is 5.71. The van der Waals surface area contributed by atoms with Gasteiger partial charge in [-0.1, -0.05) is 6.92 Å². The van der Waals surface area contributed by atoms with Gasteiger partial charge in [0.2, 0.25) is 5.91 Å². The molecule has 0 aliphatic carbocycles. The molecule has 2 atom stereocenters. The van der Waals surface area contributed by atoms with Crippen LogP contribution in [0.5, 0.6) is 0 Å². The average Bonchev–Trinajstić information content (AvgIpc) is 2.46. The van der Waals surface area contributed by atoms with E-state index in [1.165, 1.54) is 6.33 Å². The van der Waals surface area contributed by atoms with Crippen molar-refractivity contribution in [3.63, 3.8) is 0 Å². The molecular weight excluding hydrogens is 244 g/mol. The predicted octanol–water partition coefficient (Wildman–Crippen LogP) is 0.880. The lowest BCUT2D eigenvalue weighted by atomic mass is 9.92. The molecule has 1 aliphatic heterocycles. The molecule has 0 aromatic carbocycles. The predicted molar refractivity (Wildman–Crippen MR) is 71.0 cm³/mol. The Morgan fingerprint density at radius 2 is 2.47 bits per heavy atom. The number of hydrogen-bond donors (Lipinski definition) is 2. The van der Waals surface area contributed by atoms with Gasteiger partial charge in [-0.2, -0.15) is 0 Å². The van der Waals surface area contributed by atoms with Crippen LogP contribution in [0.1, 0.15) is 31.7 Å². The van der Waals surface area contributed by atoms with Crippen LogP contribution in [0.15, 0.2) is 12.5 Å². The first-order valence-electron chi connectivity index (χ1n) is 6.66. The average molecular weight is 264 g/mol. The Bertz CT molecular complexity index is 438. The summed E-state index contributed by atoms with van der Waals surface area (Å²) in [6.45, 7) is 3.15. The Labute approximate surface area is 112 Å². The van der Waals surface area contributed by atoms with Crippen LogP contribution >= 0.6 is 0 Å². The van der Waals surface area contributed by atoms with Crippen molar-refractivity contribution >= 4 is 11.7 Å². The van der Waals surface area contributed by atoms with Crippen molar-refractivity contribution in [3.05, 3.63) is 18.1 Å². The van der Waals surface area contributed by atoms with Crippen molar-refractivity contribution in [2.24, 2.45) is 5.92 Å². The largest absolute Gasteiger partial charge is 0.383 e. The van der Waals surface area contributed by atoms with Gasteiger partial charge in [0.25, 0.3) is 0 Å². The van der Waals surface area contributed by atoms with Crippen LogP contribution < -0.4 is 11.1 Å². The Morgan fingerprint density at radius 3 is 3.21 bits per heavy atom. The SMILES string of the molecule is CC[C@@H]1OCCC[C@H]1C(=O)NCc1cncnc1N. The van der Waals surface area contributed by atoms with Gasteiger partial charge in [0, 0.05) is 24.9 Å². The molecule has 104 valence electrons. The van der Waals surface area contributed by atoms with Crippen molar-refractivity contribution in [2.45, 2.75) is 38.8 Å². The summed E-state index contributed by atoms with van der Waals surface area (Å²) in [5.74, 6) is 0.363. The van der Waals surface area contributed by atoms with E-state index < -0.39 is 0 Å². The zero-order valence-electron chi connectivity index (χ0n) is 11.1. The van der Waals surface area contributed by atoms with Crippen LogP contribution in [-0.2, 0) is 16.1 Å². The number of nitrogen functional groups attached to an aromatic ring is 1. The second kappa shape index (κ2) is 6.47. The van der Waals surface area contributed by atoms with Crippen LogP contribution in [0.2, 0.25) is 0 Å². The summed E-state index contributed by atoms with van der Waals surface area (Å²) < 4.78 is 5.63. The molecule has 2 rings (SSSR count). The molecule has 0 radical (unpaired) electrons. The number of ether oxygens (including phenoxy) is 1. The number of aromatic nitrogens is 2. The molecule has 1 aromatic rings. The molecule has 0 spiro atoms. The second-order valence-corrected chi connectivity index (χ2v) is 4.72. The standard InChI is InChI=1S/C13H20N4O2/c1-2-11-10(4-3-5-19-11)13(18)16-7-9-6-15-8-17-12(9)14/h6,8,10-11H,2-5,7H2,1H3,(H,16,18)(H2,14,15,17)/t10-,11+/m1/s1. The van der Waals surface area contributed by atoms with Gasteiger partial charge in [-0.05, 0) is 19.3 Å². The molecule has 0 bridgehead atoms. The molecule has 1 aromatic heterocycles. The van der Waals surface area contributed by atoms with E-state index in [-0.39, 0.29) is 17.9 Å². The summed E-state index contributed by atoms with van der Waals surface area (Å²) in [5, 5.41) is 2.89. The minimum absolute atomic E-state index is 0.0230. The molecule has 0 unspecified atom stereocenters. The summed E-state index contributed by atoms with van der Waals surface area (Å²) in [4.78, 5) is 20.0. The molecule has 6 heteroatoms. The Hall–Kier alpha value is -1.69. The fraction of sp³-hybridized carbons (Fsp3) is 0.615. The monoisotopic (exact) mass is 264 g/mol. The van der Waals surface area contributed by atoms with Crippen LogP contribution in [0.4, 0.5) is 5.82 Å². The first kappa shape index (κ1) is 13.7. The molecule has 1 fully saturated rings. The van der Waals surface area contributed by atoms with Crippen molar-refractivity contribution in [3.8, 4) is 0 Å². The molecule has 19 heavy (non-hydrogen) atoms. The van der Waals surface area contributed by atoms with Crippen LogP contribution in [0.25, 0.3) is 0 Å². The van der Waals surface area contributed by atoms with E-state index in [9.17, 15) is 4.79 Å². The highest BCUT2D eigenvalue weighted by Gasteiger charge is 2.30. The molecule has 1 aliphatic rings. The Morgan fingerprint density at radius 1 is 1.63 bits per heavy atom. The van der Waals surface area contributed by atoms with Gasteiger partial charge in [0.1, 0.15) is 12.1 Å². The van der Waals surface area contributed by atoms with Crippen LogP contribution in [-0.4, -0.2) is 28.6 Å². The molecular formula is C13H20N4O2. The lowest BCUT2D eigenvalue weighted by Gasteiger charge is -2.30. The fourth-order valence-corrected chi connectivity index (χ4v) is 2.36. The highest BCUT2D eigenvalue weighted by Crippen LogP contribution is 2.23. The summed E-state index contributed by atoms with van der Waals surface area (Å²) >= 11 is 0. The van der Waals surface area contributed by atoms with E-state index >= 15 is 0 Å². The van der Waals surface area contributed by atoms with Gasteiger partial charge in [0.15, 0.2) is 0 Å². The maximum atomic E-state index is 12.2. The summed E-state index contributed by atoms with van der Waals surface area (Å²) in [6, 6.07) is 0. The number of anilines is 1. The minimum Gasteiger partial charge on any atom is -0.383 e. The number of carbonyl (C=O) groups excluding carboxylic acids is 1. The zero-order valence-corrected chi connectivity index (χ0v) is 11.1. The molecule has 6 nitrogen and oxygen atoms in total. The molecule has 1 amide bonds. The fourth-order valence-electron chi connectivity index (χ4n) is 2.36. The smallest absolute Gasteiger partial charge is 0.226 e. The zero-order chi connectivity index (χ0) is 13.7. The lowest BCUT2D eigenvalue weighted by Crippen LogP contribution is -2.41. The second-order valence-electron chi connectivity index (χ2n) is 4.72. The van der Waals surface area contributed by atoms with Crippen molar-refractivity contribution < 1.29 is 9.53 Å². The van der Waals surface area contributed by atoms with Crippen molar-refractivity contribution in [1.82, 2.24) is 15.3 Å². The number of rotatable bonds is 4. The van der Waals surface area contributed by atoms with Crippen LogP contribution in [0, 0.1) is 5.92 Å². The number of nitrogens with one attached hydrogen (secondary N) is 1. The minimum atomic E-state index is -0.0652. The molecule has 2 heterocycles. The van der Waals surface area contributed by atoms with E-state index in [4.69, 9.17) is 10.5 Å². The summed E-state index contributed by atoms with van der Waals surface area (Å²) in [7, 11) is 0. The van der Waals surface area contributed by atoms with Gasteiger partial charge >= 0.3 is 0 Å². The first-order valence-corrected chi connectivity index (χ1v) is 6.66. The topological polar surface area (TPSA) is 90.1 Å². The number of amides is 1. The third kappa shape index (κ3) is 3.41. The summed E-state index contributed by atoms with van der Waals surface area (Å²) in [5.41, 5.74) is 6.45. The third-order valence-electron chi connectivity index (χ3n) is 3.46. The number of hydrogen-bond acceptors (Lipinski definition) is 5. The van der Waals surface area contributed by atoms with E-state index in [0.717, 1.165) is 31.4 Å². The maximum Gasteiger partial charge on any atom is 0.226 e. The lowest BCUT2D eigenvalue weighted by molar-refractivity contribution is -0.134. The Kier molecular flexibility index (Phi) is 4.68. The highest BCUT2D eigenvalue weighted by molar-refractivity contribution is 5.79. The number of nitrogens with zero attached hydrogens (tertiary/aromatic N) is 2. The van der Waals surface area contributed by atoms with Gasteiger partial charge in [-0.25, -0.2) is 9.97 Å².